The lowest BCUT2D eigenvalue weighted by molar-refractivity contribution is -0.104. The van der Waals surface area contributed by atoms with Crippen LogP contribution in [0.25, 0.3) is 0 Å². The van der Waals surface area contributed by atoms with E-state index >= 15 is 0 Å². The van der Waals surface area contributed by atoms with Crippen LogP contribution in [0.2, 0.25) is 0 Å². The van der Waals surface area contributed by atoms with Gasteiger partial charge in [0.15, 0.2) is 0 Å². The van der Waals surface area contributed by atoms with Gasteiger partial charge in [0.2, 0.25) is 0 Å². The maximum Gasteiger partial charge on any atom is 0.0675 e. The Morgan fingerprint density at radius 2 is 2.21 bits per heavy atom. The number of nitrogens with two attached hydrogens (primary N) is 1. The molecule has 0 aromatic rings. The molecule has 2 N–H and O–H groups in total. The van der Waals surface area contributed by atoms with Crippen LogP contribution in [0.4, 0.5) is 0 Å². The number of fused-ring (bicyclic) bond motifs is 1. The Hall–Kier alpha value is -0.160. The van der Waals surface area contributed by atoms with Gasteiger partial charge in [-0.3, -0.25) is 9.80 Å². The lowest BCUT2D eigenvalue weighted by atomic mass is 9.84. The zero-order valence-electron chi connectivity index (χ0n) is 12.5. The summed E-state index contributed by atoms with van der Waals surface area (Å²) >= 11 is 0. The second-order valence-corrected chi connectivity index (χ2v) is 6.61. The molecule has 3 fully saturated rings. The monoisotopic (exact) mass is 267 g/mol. The Morgan fingerprint density at radius 1 is 1.37 bits per heavy atom. The van der Waals surface area contributed by atoms with E-state index in [0.717, 1.165) is 19.7 Å². The van der Waals surface area contributed by atoms with Gasteiger partial charge in [-0.1, -0.05) is 6.92 Å². The third-order valence-electron chi connectivity index (χ3n) is 5.68. The van der Waals surface area contributed by atoms with Crippen LogP contribution >= 0.6 is 0 Å². The number of hydrogen-bond acceptors (Lipinski definition) is 4. The molecule has 19 heavy (non-hydrogen) atoms. The summed E-state index contributed by atoms with van der Waals surface area (Å²) in [5, 5.41) is 0. The van der Waals surface area contributed by atoms with E-state index in [9.17, 15) is 0 Å². The van der Waals surface area contributed by atoms with Gasteiger partial charge in [-0.15, -0.1) is 0 Å². The smallest absolute Gasteiger partial charge is 0.0675 e. The Kier molecular flexibility index (Phi) is 3.87. The summed E-state index contributed by atoms with van der Waals surface area (Å²) in [7, 11) is 0. The minimum atomic E-state index is 0.217. The maximum absolute atomic E-state index is 6.31. The first-order chi connectivity index (χ1) is 9.21. The normalized spacial score (nSPS) is 44.7. The molecule has 3 aliphatic heterocycles. The summed E-state index contributed by atoms with van der Waals surface area (Å²) in [6.07, 6.45) is 5.45. The van der Waals surface area contributed by atoms with E-state index in [4.69, 9.17) is 10.5 Å². The topological polar surface area (TPSA) is 41.7 Å². The Balaban J connectivity index is 1.87. The first-order valence-electron chi connectivity index (χ1n) is 8.03. The molecule has 0 aromatic carbocycles. The molecule has 3 saturated heterocycles. The second kappa shape index (κ2) is 5.32. The quantitative estimate of drug-likeness (QED) is 0.830. The van der Waals surface area contributed by atoms with Crippen LogP contribution in [0.1, 0.15) is 39.5 Å². The molecule has 4 unspecified atom stereocenters. The van der Waals surface area contributed by atoms with Gasteiger partial charge in [-0.25, -0.2) is 0 Å². The van der Waals surface area contributed by atoms with Crippen molar-refractivity contribution >= 4 is 0 Å². The highest BCUT2D eigenvalue weighted by Crippen LogP contribution is 2.41. The molecule has 3 rings (SSSR count). The summed E-state index contributed by atoms with van der Waals surface area (Å²) in [5.74, 6) is 0. The molecular weight excluding hydrogens is 238 g/mol. The molecule has 0 radical (unpaired) electrons. The molecule has 3 aliphatic rings. The third kappa shape index (κ3) is 2.13. The molecule has 0 bridgehead atoms. The van der Waals surface area contributed by atoms with Crippen LogP contribution < -0.4 is 5.73 Å². The van der Waals surface area contributed by atoms with Crippen molar-refractivity contribution < 1.29 is 4.74 Å². The van der Waals surface area contributed by atoms with Gasteiger partial charge in [-0.05, 0) is 39.2 Å². The van der Waals surface area contributed by atoms with E-state index in [1.54, 1.807) is 0 Å². The lowest BCUT2D eigenvalue weighted by Crippen LogP contribution is -2.66. The van der Waals surface area contributed by atoms with Crippen LogP contribution in [0, 0.1) is 0 Å². The summed E-state index contributed by atoms with van der Waals surface area (Å²) in [6.45, 7) is 9.74. The third-order valence-corrected chi connectivity index (χ3v) is 5.68. The molecule has 110 valence electrons. The van der Waals surface area contributed by atoms with Gasteiger partial charge in [0, 0.05) is 31.7 Å². The SMILES string of the molecule is CCC1COC(C)CN1C1(CN)CCN2CCCC21. The van der Waals surface area contributed by atoms with Crippen molar-refractivity contribution in [1.82, 2.24) is 9.80 Å². The van der Waals surface area contributed by atoms with Crippen molar-refractivity contribution in [1.29, 1.82) is 0 Å². The van der Waals surface area contributed by atoms with Crippen LogP contribution in [-0.4, -0.2) is 66.3 Å². The number of morpholine rings is 1. The highest BCUT2D eigenvalue weighted by atomic mass is 16.5. The van der Waals surface area contributed by atoms with Crippen LogP contribution in [0.3, 0.4) is 0 Å². The molecule has 0 aromatic heterocycles. The summed E-state index contributed by atoms with van der Waals surface area (Å²) in [4.78, 5) is 5.41. The largest absolute Gasteiger partial charge is 0.376 e. The van der Waals surface area contributed by atoms with E-state index in [-0.39, 0.29) is 5.54 Å². The first-order valence-corrected chi connectivity index (χ1v) is 8.03. The van der Waals surface area contributed by atoms with Gasteiger partial charge in [-0.2, -0.15) is 0 Å². The van der Waals surface area contributed by atoms with E-state index < -0.39 is 0 Å². The summed E-state index contributed by atoms with van der Waals surface area (Å²) < 4.78 is 5.88. The molecule has 4 atom stereocenters. The Bertz CT molecular complexity index is 325. The van der Waals surface area contributed by atoms with Crippen LogP contribution in [0.15, 0.2) is 0 Å². The van der Waals surface area contributed by atoms with Gasteiger partial charge in [0.05, 0.1) is 18.2 Å². The average molecular weight is 267 g/mol. The zero-order chi connectivity index (χ0) is 13.5. The zero-order valence-corrected chi connectivity index (χ0v) is 12.5. The number of hydrogen-bond donors (Lipinski definition) is 1. The Morgan fingerprint density at radius 3 is 2.95 bits per heavy atom. The predicted octanol–water partition coefficient (Wildman–Crippen LogP) is 1.05. The molecule has 4 nitrogen and oxygen atoms in total. The van der Waals surface area contributed by atoms with Crippen LogP contribution in [-0.2, 0) is 4.74 Å². The van der Waals surface area contributed by atoms with Crippen molar-refractivity contribution in [2.24, 2.45) is 5.73 Å². The van der Waals surface area contributed by atoms with Gasteiger partial charge < -0.3 is 10.5 Å². The molecule has 4 heteroatoms. The van der Waals surface area contributed by atoms with Crippen molar-refractivity contribution in [3.05, 3.63) is 0 Å². The molecule has 0 spiro atoms. The first kappa shape index (κ1) is 13.8. The summed E-state index contributed by atoms with van der Waals surface area (Å²) in [5.41, 5.74) is 6.53. The number of rotatable bonds is 3. The lowest BCUT2D eigenvalue weighted by Gasteiger charge is -2.51. The van der Waals surface area contributed by atoms with Gasteiger partial charge in [0.25, 0.3) is 0 Å². The van der Waals surface area contributed by atoms with E-state index in [1.807, 2.05) is 0 Å². The number of ether oxygens (including phenoxy) is 1. The molecule has 3 heterocycles. The van der Waals surface area contributed by atoms with Crippen molar-refractivity contribution in [3.63, 3.8) is 0 Å². The van der Waals surface area contributed by atoms with Crippen LogP contribution in [0.5, 0.6) is 0 Å². The maximum atomic E-state index is 6.31. The fourth-order valence-corrected chi connectivity index (χ4v) is 4.62. The van der Waals surface area contributed by atoms with E-state index in [1.165, 1.54) is 38.8 Å². The Labute approximate surface area is 117 Å². The van der Waals surface area contributed by atoms with Gasteiger partial charge >= 0.3 is 0 Å². The van der Waals surface area contributed by atoms with E-state index in [0.29, 0.717) is 18.2 Å². The van der Waals surface area contributed by atoms with Gasteiger partial charge in [0.1, 0.15) is 0 Å². The highest BCUT2D eigenvalue weighted by molar-refractivity contribution is 5.11. The highest BCUT2D eigenvalue weighted by Gasteiger charge is 2.53. The van der Waals surface area contributed by atoms with Crippen molar-refractivity contribution in [3.8, 4) is 0 Å². The van der Waals surface area contributed by atoms with Crippen molar-refractivity contribution in [2.75, 3.05) is 32.8 Å². The molecular formula is C15H29N3O. The average Bonchev–Trinajstić information content (AvgIpc) is 3.00. The fourth-order valence-electron chi connectivity index (χ4n) is 4.62. The minimum Gasteiger partial charge on any atom is -0.376 e. The molecule has 0 amide bonds. The molecule has 0 saturated carbocycles. The number of nitrogens with zero attached hydrogens (tertiary/aromatic N) is 2. The molecule has 0 aliphatic carbocycles. The second-order valence-electron chi connectivity index (χ2n) is 6.61. The minimum absolute atomic E-state index is 0.217. The standard InChI is InChI=1S/C15H29N3O/c1-3-13-10-19-12(2)9-18(13)15(11-16)6-8-17-7-4-5-14(15)17/h12-14H,3-11,16H2,1-2H3. The fraction of sp³-hybridized carbons (Fsp3) is 1.00. The van der Waals surface area contributed by atoms with Crippen molar-refractivity contribution in [2.45, 2.75) is 63.3 Å². The predicted molar refractivity (Wildman–Crippen MR) is 77.2 cm³/mol. The summed E-state index contributed by atoms with van der Waals surface area (Å²) in [6, 6.07) is 1.25. The van der Waals surface area contributed by atoms with E-state index in [2.05, 4.69) is 23.6 Å².